The van der Waals surface area contributed by atoms with Crippen molar-refractivity contribution in [3.63, 3.8) is 0 Å². The number of urea groups is 1. The summed E-state index contributed by atoms with van der Waals surface area (Å²) in [5.41, 5.74) is -0.0455. The average molecular weight is 401 g/mol. The first-order valence-corrected chi connectivity index (χ1v) is 8.65. The lowest BCUT2D eigenvalue weighted by atomic mass is 9.91. The standard InChI is InChI=1S/C19H17BrN2O3/c1-12(16(23)13-8-10-15(20)11-9-13)22-17(24)19(2,21-18(22)25)14-6-4-3-5-7-14/h3-12H,1-2H3,(H,21,25)/t12?,19-/m0/s1. The SMILES string of the molecule is CC(C(=O)c1ccc(Br)cc1)N1C(=O)N[C@@](C)(c2ccccc2)C1=O. The Morgan fingerprint density at radius 1 is 1.08 bits per heavy atom. The Hall–Kier alpha value is -2.47. The van der Waals surface area contributed by atoms with E-state index < -0.39 is 23.5 Å². The molecule has 25 heavy (non-hydrogen) atoms. The maximum atomic E-state index is 13.0. The first-order valence-electron chi connectivity index (χ1n) is 7.85. The van der Waals surface area contributed by atoms with E-state index in [1.165, 1.54) is 0 Å². The molecular weight excluding hydrogens is 384 g/mol. The minimum absolute atomic E-state index is 0.284. The molecule has 2 aromatic carbocycles. The van der Waals surface area contributed by atoms with Crippen LogP contribution in [0.3, 0.4) is 0 Å². The van der Waals surface area contributed by atoms with Crippen molar-refractivity contribution in [3.8, 4) is 0 Å². The van der Waals surface area contributed by atoms with Crippen molar-refractivity contribution in [2.24, 2.45) is 0 Å². The van der Waals surface area contributed by atoms with Crippen LogP contribution in [0.5, 0.6) is 0 Å². The lowest BCUT2D eigenvalue weighted by Gasteiger charge is -2.24. The van der Waals surface area contributed by atoms with Crippen LogP contribution in [0.4, 0.5) is 4.79 Å². The number of Topliss-reactive ketones (excluding diaryl/α,β-unsaturated/α-hetero) is 1. The van der Waals surface area contributed by atoms with Gasteiger partial charge in [-0.3, -0.25) is 14.5 Å². The zero-order valence-corrected chi connectivity index (χ0v) is 15.4. The molecule has 1 fully saturated rings. The van der Waals surface area contributed by atoms with Crippen LogP contribution in [0.1, 0.15) is 29.8 Å². The number of hydrogen-bond acceptors (Lipinski definition) is 3. The van der Waals surface area contributed by atoms with Gasteiger partial charge < -0.3 is 5.32 Å². The van der Waals surface area contributed by atoms with Gasteiger partial charge in [0.05, 0.1) is 0 Å². The third-order valence-corrected chi connectivity index (χ3v) is 5.00. The van der Waals surface area contributed by atoms with Gasteiger partial charge in [0.25, 0.3) is 5.91 Å². The Labute approximate surface area is 154 Å². The molecule has 1 unspecified atom stereocenters. The predicted molar refractivity (Wildman–Crippen MR) is 97.1 cm³/mol. The van der Waals surface area contributed by atoms with Gasteiger partial charge in [0.15, 0.2) is 5.78 Å². The number of nitrogens with one attached hydrogen (secondary N) is 1. The van der Waals surface area contributed by atoms with E-state index in [-0.39, 0.29) is 5.78 Å². The molecule has 2 aromatic rings. The minimum Gasteiger partial charge on any atom is -0.319 e. The third kappa shape index (κ3) is 2.98. The van der Waals surface area contributed by atoms with Crippen molar-refractivity contribution in [2.75, 3.05) is 0 Å². The van der Waals surface area contributed by atoms with Crippen molar-refractivity contribution in [1.29, 1.82) is 0 Å². The molecule has 0 aliphatic carbocycles. The number of rotatable bonds is 4. The van der Waals surface area contributed by atoms with Crippen LogP contribution in [0.15, 0.2) is 59.1 Å². The summed E-state index contributed by atoms with van der Waals surface area (Å²) in [4.78, 5) is 39.1. The summed E-state index contributed by atoms with van der Waals surface area (Å²) in [5.74, 6) is -0.713. The highest BCUT2D eigenvalue weighted by molar-refractivity contribution is 9.10. The summed E-state index contributed by atoms with van der Waals surface area (Å²) in [6.07, 6.45) is 0. The molecule has 5 nitrogen and oxygen atoms in total. The molecule has 0 spiro atoms. The normalized spacial score (nSPS) is 21.2. The van der Waals surface area contributed by atoms with Gasteiger partial charge in [0, 0.05) is 10.0 Å². The molecule has 3 amide bonds. The predicted octanol–water partition coefficient (Wildman–Crippen LogP) is 3.49. The van der Waals surface area contributed by atoms with Gasteiger partial charge in [-0.25, -0.2) is 4.79 Å². The maximum Gasteiger partial charge on any atom is 0.325 e. The highest BCUT2D eigenvalue weighted by Gasteiger charge is 2.51. The number of carbonyl (C=O) groups excluding carboxylic acids is 3. The van der Waals surface area contributed by atoms with E-state index in [0.29, 0.717) is 11.1 Å². The molecule has 0 aromatic heterocycles. The Morgan fingerprint density at radius 2 is 1.68 bits per heavy atom. The van der Waals surface area contributed by atoms with E-state index in [2.05, 4.69) is 21.2 Å². The lowest BCUT2D eigenvalue weighted by molar-refractivity contribution is -0.131. The van der Waals surface area contributed by atoms with E-state index in [1.54, 1.807) is 62.4 Å². The maximum absolute atomic E-state index is 13.0. The minimum atomic E-state index is -1.17. The fraction of sp³-hybridized carbons (Fsp3) is 0.211. The van der Waals surface area contributed by atoms with Gasteiger partial charge in [-0.15, -0.1) is 0 Å². The Morgan fingerprint density at radius 3 is 2.28 bits per heavy atom. The molecular formula is C19H17BrN2O3. The molecule has 0 saturated carbocycles. The molecule has 1 heterocycles. The van der Waals surface area contributed by atoms with E-state index in [4.69, 9.17) is 0 Å². The first kappa shape index (κ1) is 17.4. The molecule has 1 aliphatic heterocycles. The second-order valence-corrected chi connectivity index (χ2v) is 7.06. The van der Waals surface area contributed by atoms with Crippen molar-refractivity contribution in [2.45, 2.75) is 25.4 Å². The van der Waals surface area contributed by atoms with Crippen molar-refractivity contribution in [3.05, 3.63) is 70.2 Å². The van der Waals surface area contributed by atoms with Gasteiger partial charge in [-0.1, -0.05) is 58.4 Å². The highest BCUT2D eigenvalue weighted by Crippen LogP contribution is 2.30. The number of benzene rings is 2. The first-order chi connectivity index (χ1) is 11.8. The van der Waals surface area contributed by atoms with Crippen LogP contribution in [0.2, 0.25) is 0 Å². The molecule has 6 heteroatoms. The van der Waals surface area contributed by atoms with Crippen LogP contribution in [-0.4, -0.2) is 28.7 Å². The van der Waals surface area contributed by atoms with Gasteiger partial charge in [0.2, 0.25) is 0 Å². The average Bonchev–Trinajstić information content (AvgIpc) is 2.85. The number of amides is 3. The number of imide groups is 1. The van der Waals surface area contributed by atoms with Crippen LogP contribution >= 0.6 is 15.9 Å². The highest BCUT2D eigenvalue weighted by atomic mass is 79.9. The van der Waals surface area contributed by atoms with Gasteiger partial charge in [-0.05, 0) is 31.5 Å². The van der Waals surface area contributed by atoms with Crippen molar-refractivity contribution < 1.29 is 14.4 Å². The summed E-state index contributed by atoms with van der Waals surface area (Å²) < 4.78 is 0.850. The van der Waals surface area contributed by atoms with Crippen LogP contribution in [-0.2, 0) is 10.3 Å². The molecule has 1 saturated heterocycles. The molecule has 0 bridgehead atoms. The number of halogens is 1. The monoisotopic (exact) mass is 400 g/mol. The molecule has 3 rings (SSSR count). The van der Waals surface area contributed by atoms with Crippen molar-refractivity contribution in [1.82, 2.24) is 10.2 Å². The number of ketones is 1. The molecule has 1 aliphatic rings. The summed E-state index contributed by atoms with van der Waals surface area (Å²) >= 11 is 3.32. The summed E-state index contributed by atoms with van der Waals surface area (Å²) in [5, 5.41) is 2.72. The second-order valence-electron chi connectivity index (χ2n) is 6.14. The van der Waals surface area contributed by atoms with E-state index in [9.17, 15) is 14.4 Å². The van der Waals surface area contributed by atoms with Crippen LogP contribution < -0.4 is 5.32 Å². The fourth-order valence-corrected chi connectivity index (χ4v) is 3.22. The fourth-order valence-electron chi connectivity index (χ4n) is 2.95. The van der Waals surface area contributed by atoms with Crippen LogP contribution in [0, 0.1) is 0 Å². The second kappa shape index (κ2) is 6.44. The number of hydrogen-bond donors (Lipinski definition) is 1. The molecule has 1 N–H and O–H groups in total. The number of carbonyl (C=O) groups is 3. The van der Waals surface area contributed by atoms with E-state index in [0.717, 1.165) is 9.37 Å². The topological polar surface area (TPSA) is 66.5 Å². The van der Waals surface area contributed by atoms with Crippen LogP contribution in [0.25, 0.3) is 0 Å². The van der Waals surface area contributed by atoms with Gasteiger partial charge >= 0.3 is 6.03 Å². The number of nitrogens with zero attached hydrogens (tertiary/aromatic N) is 1. The smallest absolute Gasteiger partial charge is 0.319 e. The summed E-state index contributed by atoms with van der Waals surface area (Å²) in [6, 6.07) is 14.4. The lowest BCUT2D eigenvalue weighted by Crippen LogP contribution is -2.45. The summed E-state index contributed by atoms with van der Waals surface area (Å²) in [6.45, 7) is 3.22. The van der Waals surface area contributed by atoms with E-state index in [1.807, 2.05) is 6.07 Å². The third-order valence-electron chi connectivity index (χ3n) is 4.47. The Balaban J connectivity index is 1.90. The molecule has 0 radical (unpaired) electrons. The van der Waals surface area contributed by atoms with E-state index >= 15 is 0 Å². The quantitative estimate of drug-likeness (QED) is 0.630. The zero-order chi connectivity index (χ0) is 18.2. The summed E-state index contributed by atoms with van der Waals surface area (Å²) in [7, 11) is 0. The molecule has 128 valence electrons. The van der Waals surface area contributed by atoms with Gasteiger partial charge in [-0.2, -0.15) is 0 Å². The Kier molecular flexibility index (Phi) is 4.47. The van der Waals surface area contributed by atoms with Crippen molar-refractivity contribution >= 4 is 33.7 Å². The Bertz CT molecular complexity index is 836. The largest absolute Gasteiger partial charge is 0.325 e. The molecule has 2 atom stereocenters. The zero-order valence-electron chi connectivity index (χ0n) is 13.8. The van der Waals surface area contributed by atoms with Gasteiger partial charge in [0.1, 0.15) is 11.6 Å².